The molecular weight excluding hydrogens is 871 g/mol. The molecule has 1 amide bonds. The molecule has 12 atom stereocenters. The minimum absolute atomic E-state index is 0.260. The lowest BCUT2D eigenvalue weighted by Gasteiger charge is -2.46. The van der Waals surface area contributed by atoms with Gasteiger partial charge in [-0.2, -0.15) is 0 Å². The first-order valence-corrected chi connectivity index (χ1v) is 26.5. The van der Waals surface area contributed by atoms with Crippen LogP contribution in [0.3, 0.4) is 0 Å². The number of carbonyl (C=O) groups is 1. The molecule has 394 valence electrons. The van der Waals surface area contributed by atoms with Crippen molar-refractivity contribution < 1.29 is 64.6 Å². The number of unbranched alkanes of at least 4 members (excludes halogenated alkanes) is 19. The Labute approximate surface area is 409 Å². The zero-order valence-electron chi connectivity index (χ0n) is 41.8. The van der Waals surface area contributed by atoms with Crippen LogP contribution in [0.4, 0.5) is 0 Å². The zero-order chi connectivity index (χ0) is 49.6. The third-order valence-corrected chi connectivity index (χ3v) is 12.6. The van der Waals surface area contributed by atoms with Gasteiger partial charge < -0.3 is 65.1 Å². The maximum Gasteiger partial charge on any atom is 0.220 e. The average Bonchev–Trinajstić information content (AvgIpc) is 3.34. The van der Waals surface area contributed by atoms with E-state index in [4.69, 9.17) is 18.9 Å². The summed E-state index contributed by atoms with van der Waals surface area (Å²) >= 11 is 0. The Morgan fingerprint density at radius 2 is 1.01 bits per heavy atom. The summed E-state index contributed by atoms with van der Waals surface area (Å²) < 4.78 is 22.6. The summed E-state index contributed by atoms with van der Waals surface area (Å²) in [5.74, 6) is -0.260. The number of nitrogens with one attached hydrogen (secondary N) is 1. The van der Waals surface area contributed by atoms with Crippen molar-refractivity contribution in [2.45, 2.75) is 254 Å². The van der Waals surface area contributed by atoms with Crippen molar-refractivity contribution in [2.75, 3.05) is 19.8 Å². The van der Waals surface area contributed by atoms with Gasteiger partial charge in [-0.15, -0.1) is 0 Å². The zero-order valence-corrected chi connectivity index (χ0v) is 41.8. The highest BCUT2D eigenvalue weighted by atomic mass is 16.7. The molecule has 0 aromatic heterocycles. The van der Waals surface area contributed by atoms with Crippen LogP contribution < -0.4 is 5.32 Å². The molecule has 2 rings (SSSR count). The Balaban J connectivity index is 1.78. The third-order valence-electron chi connectivity index (χ3n) is 12.6. The lowest BCUT2D eigenvalue weighted by Crippen LogP contribution is -2.65. The van der Waals surface area contributed by atoms with Gasteiger partial charge >= 0.3 is 0 Å². The molecule has 0 saturated carbocycles. The third kappa shape index (κ3) is 26.8. The SMILES string of the molecule is CCC/C=C/CC/C=C/CC/C=C/C(O)C(COC1OC(CO)C(OC2OC(CO)C(O)C(O)C2O)C(O)C1O)NC(=O)CCCCCCCCCCCCC/C=C\C/C=C\CCCCCCC. The van der Waals surface area contributed by atoms with Crippen molar-refractivity contribution in [1.29, 1.82) is 0 Å². The molecule has 2 heterocycles. The quantitative estimate of drug-likeness (QED) is 0.0215. The van der Waals surface area contributed by atoms with Gasteiger partial charge in [-0.05, 0) is 70.6 Å². The molecule has 2 saturated heterocycles. The van der Waals surface area contributed by atoms with E-state index in [9.17, 15) is 45.6 Å². The van der Waals surface area contributed by atoms with Crippen LogP contribution in [-0.2, 0) is 23.7 Å². The first kappa shape index (κ1) is 61.8. The Morgan fingerprint density at radius 1 is 0.529 bits per heavy atom. The Hall–Kier alpha value is -2.31. The monoisotopic (exact) mass is 966 g/mol. The normalized spacial score (nSPS) is 26.9. The van der Waals surface area contributed by atoms with E-state index in [0.717, 1.165) is 57.8 Å². The molecule has 2 aliphatic heterocycles. The minimum Gasteiger partial charge on any atom is -0.394 e. The summed E-state index contributed by atoms with van der Waals surface area (Å²) in [6, 6.07) is -0.939. The second kappa shape index (κ2) is 40.3. The molecule has 9 N–H and O–H groups in total. The van der Waals surface area contributed by atoms with Gasteiger partial charge in [0, 0.05) is 6.42 Å². The molecule has 14 heteroatoms. The van der Waals surface area contributed by atoms with Gasteiger partial charge in [0.1, 0.15) is 48.8 Å². The van der Waals surface area contributed by atoms with E-state index in [1.165, 1.54) is 89.9 Å². The molecule has 2 aliphatic rings. The summed E-state index contributed by atoms with van der Waals surface area (Å²) in [6.45, 7) is 2.66. The van der Waals surface area contributed by atoms with Crippen molar-refractivity contribution in [3.05, 3.63) is 60.8 Å². The van der Waals surface area contributed by atoms with Crippen LogP contribution in [0, 0.1) is 0 Å². The molecule has 0 spiro atoms. The average molecular weight is 966 g/mol. The van der Waals surface area contributed by atoms with Crippen LogP contribution in [0.2, 0.25) is 0 Å². The number of ether oxygens (including phenoxy) is 4. The largest absolute Gasteiger partial charge is 0.394 e. The highest BCUT2D eigenvalue weighted by Gasteiger charge is 2.51. The molecule has 0 aliphatic carbocycles. The number of hydrogen-bond acceptors (Lipinski definition) is 13. The molecule has 14 nitrogen and oxygen atoms in total. The molecule has 12 unspecified atom stereocenters. The molecule has 0 aromatic rings. The van der Waals surface area contributed by atoms with Gasteiger partial charge in [0.15, 0.2) is 12.6 Å². The molecule has 68 heavy (non-hydrogen) atoms. The van der Waals surface area contributed by atoms with Crippen LogP contribution in [0.25, 0.3) is 0 Å². The fraction of sp³-hybridized carbons (Fsp3) is 0.796. The maximum absolute atomic E-state index is 13.2. The fourth-order valence-corrected chi connectivity index (χ4v) is 8.30. The highest BCUT2D eigenvalue weighted by molar-refractivity contribution is 5.76. The van der Waals surface area contributed by atoms with Crippen molar-refractivity contribution in [3.8, 4) is 0 Å². The van der Waals surface area contributed by atoms with E-state index >= 15 is 0 Å². The summed E-state index contributed by atoms with van der Waals surface area (Å²) in [5, 5.41) is 86.7. The summed E-state index contributed by atoms with van der Waals surface area (Å²) in [4.78, 5) is 13.2. The standard InChI is InChI=1S/C54H95NO13/c1-3-5-7-9-11-13-15-16-17-18-19-20-21-22-23-24-25-26-28-30-32-34-36-38-46(59)55-42(43(58)37-35-33-31-29-27-14-12-10-8-6-4-2)41-65-53-51(64)49(62)52(45(40-57)67-53)68-54-50(63)48(61)47(60)44(39-56)66-54/h8,10,15-16,18-19,27,29,35,37,42-45,47-54,56-58,60-64H,3-7,9,11-14,17,20-26,28,30-34,36,38-41H2,1-2H3,(H,55,59)/b10-8+,16-15-,19-18-,29-27+,37-35+. The number of hydrogen-bond donors (Lipinski definition) is 9. The first-order valence-electron chi connectivity index (χ1n) is 26.5. The van der Waals surface area contributed by atoms with Gasteiger partial charge in [0.05, 0.1) is 32.0 Å². The fourth-order valence-electron chi connectivity index (χ4n) is 8.30. The Kier molecular flexibility index (Phi) is 36.6. The van der Waals surface area contributed by atoms with Crippen molar-refractivity contribution in [1.82, 2.24) is 5.32 Å². The van der Waals surface area contributed by atoms with E-state index in [1.807, 2.05) is 6.08 Å². The molecule has 0 radical (unpaired) electrons. The van der Waals surface area contributed by atoms with Gasteiger partial charge in [0.25, 0.3) is 0 Å². The van der Waals surface area contributed by atoms with Gasteiger partial charge in [0.2, 0.25) is 5.91 Å². The van der Waals surface area contributed by atoms with Gasteiger partial charge in [-0.3, -0.25) is 4.79 Å². The summed E-state index contributed by atoms with van der Waals surface area (Å²) in [7, 11) is 0. The van der Waals surface area contributed by atoms with E-state index in [0.29, 0.717) is 12.8 Å². The van der Waals surface area contributed by atoms with E-state index in [2.05, 4.69) is 67.8 Å². The van der Waals surface area contributed by atoms with Crippen LogP contribution in [0.5, 0.6) is 0 Å². The molecule has 2 fully saturated rings. The summed E-state index contributed by atoms with van der Waals surface area (Å²) in [6.07, 6.45) is 32.7. The second-order valence-corrected chi connectivity index (χ2v) is 18.6. The number of allylic oxidation sites excluding steroid dienone is 9. The lowest BCUT2D eigenvalue weighted by atomic mass is 9.97. The minimum atomic E-state index is -1.79. The smallest absolute Gasteiger partial charge is 0.220 e. The van der Waals surface area contributed by atoms with Crippen LogP contribution >= 0.6 is 0 Å². The number of aliphatic hydroxyl groups excluding tert-OH is 8. The highest BCUT2D eigenvalue weighted by Crippen LogP contribution is 2.30. The number of amides is 1. The van der Waals surface area contributed by atoms with Gasteiger partial charge in [-0.25, -0.2) is 0 Å². The van der Waals surface area contributed by atoms with Crippen molar-refractivity contribution in [3.63, 3.8) is 0 Å². The Bertz CT molecular complexity index is 1370. The molecule has 0 bridgehead atoms. The van der Waals surface area contributed by atoms with E-state index in [1.54, 1.807) is 6.08 Å². The Morgan fingerprint density at radius 3 is 1.57 bits per heavy atom. The number of aliphatic hydroxyl groups is 8. The first-order chi connectivity index (χ1) is 33.1. The predicted octanol–water partition coefficient (Wildman–Crippen LogP) is 7.44. The summed E-state index contributed by atoms with van der Waals surface area (Å²) in [5.41, 5.74) is 0. The number of rotatable bonds is 40. The predicted molar refractivity (Wildman–Crippen MR) is 267 cm³/mol. The molecular formula is C54H95NO13. The van der Waals surface area contributed by atoms with Crippen LogP contribution in [-0.4, -0.2) is 140 Å². The van der Waals surface area contributed by atoms with Gasteiger partial charge in [-0.1, -0.05) is 164 Å². The second-order valence-electron chi connectivity index (χ2n) is 18.6. The topological polar surface area (TPSA) is 228 Å². The number of carbonyl (C=O) groups excluding carboxylic acids is 1. The maximum atomic E-state index is 13.2. The van der Waals surface area contributed by atoms with E-state index < -0.39 is 86.8 Å². The van der Waals surface area contributed by atoms with Crippen LogP contribution in [0.1, 0.15) is 181 Å². The van der Waals surface area contributed by atoms with Crippen molar-refractivity contribution >= 4 is 5.91 Å². The van der Waals surface area contributed by atoms with Crippen molar-refractivity contribution in [2.24, 2.45) is 0 Å². The molecule has 0 aromatic carbocycles. The lowest BCUT2D eigenvalue weighted by molar-refractivity contribution is -0.359. The van der Waals surface area contributed by atoms with E-state index in [-0.39, 0.29) is 18.9 Å². The van der Waals surface area contributed by atoms with Crippen LogP contribution in [0.15, 0.2) is 60.8 Å².